The van der Waals surface area contributed by atoms with Crippen molar-refractivity contribution >= 4 is 11.8 Å². The van der Waals surface area contributed by atoms with Crippen LogP contribution in [0.5, 0.6) is 0 Å². The van der Waals surface area contributed by atoms with E-state index in [0.717, 1.165) is 18.4 Å². The topological polar surface area (TPSA) is 52.6 Å². The van der Waals surface area contributed by atoms with Crippen LogP contribution in [-0.4, -0.2) is 25.5 Å². The van der Waals surface area contributed by atoms with Crippen LogP contribution in [0.2, 0.25) is 0 Å². The first kappa shape index (κ1) is 12.8. The summed E-state index contributed by atoms with van der Waals surface area (Å²) in [4.78, 5) is 23.0. The molecule has 0 heterocycles. The van der Waals surface area contributed by atoms with Crippen molar-refractivity contribution in [3.05, 3.63) is 35.4 Å². The molecule has 0 spiro atoms. The molecule has 4 heteroatoms. The number of carbonyl (C=O) groups excluding carboxylic acids is 2. The number of hydrogen-bond donors (Lipinski definition) is 0. The van der Waals surface area contributed by atoms with Gasteiger partial charge in [-0.05, 0) is 25.3 Å². The highest BCUT2D eigenvalue weighted by Crippen LogP contribution is 2.48. The van der Waals surface area contributed by atoms with Gasteiger partial charge in [-0.3, -0.25) is 4.79 Å². The summed E-state index contributed by atoms with van der Waals surface area (Å²) in [7, 11) is 1.69. The highest BCUT2D eigenvalue weighted by atomic mass is 16.5. The Morgan fingerprint density at radius 3 is 2.28 bits per heavy atom. The third-order valence-electron chi connectivity index (χ3n) is 3.23. The minimum absolute atomic E-state index is 0.175. The monoisotopic (exact) mass is 248 g/mol. The molecule has 0 N–H and O–H groups in total. The fourth-order valence-electron chi connectivity index (χ4n) is 1.96. The van der Waals surface area contributed by atoms with Gasteiger partial charge in [0.1, 0.15) is 0 Å². The zero-order valence-corrected chi connectivity index (χ0v) is 10.6. The third kappa shape index (κ3) is 2.29. The van der Waals surface area contributed by atoms with Crippen LogP contribution < -0.4 is 0 Å². The highest BCUT2D eigenvalue weighted by molar-refractivity contribution is 6.40. The lowest BCUT2D eigenvalue weighted by Gasteiger charge is -2.13. The molecule has 2 rings (SSSR count). The Hall–Kier alpha value is -1.68. The second kappa shape index (κ2) is 4.90. The molecule has 0 radical (unpaired) electrons. The Bertz CT molecular complexity index is 457. The summed E-state index contributed by atoms with van der Waals surface area (Å²) in [6, 6.07) is 6.97. The van der Waals surface area contributed by atoms with E-state index in [4.69, 9.17) is 4.74 Å². The van der Waals surface area contributed by atoms with Crippen molar-refractivity contribution in [1.29, 1.82) is 0 Å². The van der Waals surface area contributed by atoms with Crippen molar-refractivity contribution in [2.75, 3.05) is 13.7 Å². The van der Waals surface area contributed by atoms with Gasteiger partial charge in [0.15, 0.2) is 0 Å². The van der Waals surface area contributed by atoms with Gasteiger partial charge in [0.25, 0.3) is 5.78 Å². The van der Waals surface area contributed by atoms with Gasteiger partial charge in [-0.1, -0.05) is 24.3 Å². The third-order valence-corrected chi connectivity index (χ3v) is 3.23. The van der Waals surface area contributed by atoms with Gasteiger partial charge in [0.2, 0.25) is 0 Å². The van der Waals surface area contributed by atoms with Crippen molar-refractivity contribution in [3.8, 4) is 0 Å². The lowest BCUT2D eigenvalue weighted by atomic mass is 10.0. The maximum atomic E-state index is 11.7. The van der Waals surface area contributed by atoms with Crippen LogP contribution in [0.3, 0.4) is 0 Å². The van der Waals surface area contributed by atoms with E-state index >= 15 is 0 Å². The number of hydrogen-bond acceptors (Lipinski definition) is 4. The van der Waals surface area contributed by atoms with Crippen LogP contribution in [0.25, 0.3) is 0 Å². The lowest BCUT2D eigenvalue weighted by molar-refractivity contribution is -0.137. The predicted molar refractivity (Wildman–Crippen MR) is 65.3 cm³/mol. The molecular formula is C14H16O4. The quantitative estimate of drug-likeness (QED) is 0.455. The standard InChI is InChI=1S/C14H16O4/c1-3-18-13(16)12(15)10-4-6-11(7-5-10)14(17-2)8-9-14/h4-7H,3,8-9H2,1-2H3. The molecule has 0 aromatic heterocycles. The first-order valence-corrected chi connectivity index (χ1v) is 6.00. The average Bonchev–Trinajstić information content (AvgIpc) is 3.19. The van der Waals surface area contributed by atoms with E-state index in [2.05, 4.69) is 4.74 Å². The van der Waals surface area contributed by atoms with Crippen LogP contribution in [0.1, 0.15) is 35.7 Å². The van der Waals surface area contributed by atoms with Crippen LogP contribution >= 0.6 is 0 Å². The zero-order chi connectivity index (χ0) is 13.2. The van der Waals surface area contributed by atoms with E-state index in [0.29, 0.717) is 5.56 Å². The van der Waals surface area contributed by atoms with Gasteiger partial charge in [0, 0.05) is 12.7 Å². The second-order valence-corrected chi connectivity index (χ2v) is 4.33. The number of rotatable bonds is 5. The molecule has 0 aliphatic heterocycles. The van der Waals surface area contributed by atoms with E-state index in [1.54, 1.807) is 26.2 Å². The maximum absolute atomic E-state index is 11.7. The molecule has 18 heavy (non-hydrogen) atoms. The first-order valence-electron chi connectivity index (χ1n) is 6.00. The van der Waals surface area contributed by atoms with Gasteiger partial charge < -0.3 is 9.47 Å². The molecule has 0 atom stereocenters. The number of esters is 1. The maximum Gasteiger partial charge on any atom is 0.379 e. The Kier molecular flexibility index (Phi) is 3.48. The average molecular weight is 248 g/mol. The predicted octanol–water partition coefficient (Wildman–Crippen LogP) is 2.07. The van der Waals surface area contributed by atoms with Gasteiger partial charge in [-0.25, -0.2) is 4.79 Å². The fourth-order valence-corrected chi connectivity index (χ4v) is 1.96. The van der Waals surface area contributed by atoms with E-state index in [-0.39, 0.29) is 12.2 Å². The van der Waals surface area contributed by atoms with Crippen LogP contribution in [0, 0.1) is 0 Å². The molecule has 1 aliphatic rings. The van der Waals surface area contributed by atoms with Gasteiger partial charge in [-0.2, -0.15) is 0 Å². The molecule has 0 saturated heterocycles. The zero-order valence-electron chi connectivity index (χ0n) is 10.6. The van der Waals surface area contributed by atoms with Crippen LogP contribution in [0.15, 0.2) is 24.3 Å². The summed E-state index contributed by atoms with van der Waals surface area (Å²) < 4.78 is 10.1. The van der Waals surface area contributed by atoms with E-state index in [9.17, 15) is 9.59 Å². The molecule has 0 unspecified atom stereocenters. The van der Waals surface area contributed by atoms with Crippen molar-refractivity contribution < 1.29 is 19.1 Å². The Balaban J connectivity index is 2.13. The number of methoxy groups -OCH3 is 1. The Labute approximate surface area is 106 Å². The summed E-state index contributed by atoms with van der Waals surface area (Å²) >= 11 is 0. The molecule has 1 aromatic rings. The molecule has 0 amide bonds. The fraction of sp³-hybridized carbons (Fsp3) is 0.429. The van der Waals surface area contributed by atoms with Gasteiger partial charge in [-0.15, -0.1) is 0 Å². The van der Waals surface area contributed by atoms with E-state index < -0.39 is 11.8 Å². The molecule has 1 fully saturated rings. The lowest BCUT2D eigenvalue weighted by Crippen LogP contribution is -2.17. The van der Waals surface area contributed by atoms with Crippen LogP contribution in [0.4, 0.5) is 0 Å². The smallest absolute Gasteiger partial charge is 0.379 e. The number of carbonyl (C=O) groups is 2. The number of ether oxygens (including phenoxy) is 2. The summed E-state index contributed by atoms with van der Waals surface area (Å²) in [5.41, 5.74) is 1.22. The van der Waals surface area contributed by atoms with Gasteiger partial charge in [0.05, 0.1) is 12.2 Å². The largest absolute Gasteiger partial charge is 0.460 e. The summed E-state index contributed by atoms with van der Waals surface area (Å²) in [5, 5.41) is 0. The molecule has 96 valence electrons. The van der Waals surface area contributed by atoms with Crippen molar-refractivity contribution in [1.82, 2.24) is 0 Å². The van der Waals surface area contributed by atoms with Crippen molar-refractivity contribution in [3.63, 3.8) is 0 Å². The highest BCUT2D eigenvalue weighted by Gasteiger charge is 2.44. The Morgan fingerprint density at radius 2 is 1.83 bits per heavy atom. The van der Waals surface area contributed by atoms with Crippen molar-refractivity contribution in [2.24, 2.45) is 0 Å². The SMILES string of the molecule is CCOC(=O)C(=O)c1ccc(C2(OC)CC2)cc1. The van der Waals surface area contributed by atoms with Gasteiger partial charge >= 0.3 is 5.97 Å². The van der Waals surface area contributed by atoms with E-state index in [1.165, 1.54) is 0 Å². The molecule has 1 saturated carbocycles. The molecule has 1 aromatic carbocycles. The number of Topliss-reactive ketones (excluding diaryl/α,β-unsaturated/α-hetero) is 1. The second-order valence-electron chi connectivity index (χ2n) is 4.33. The van der Waals surface area contributed by atoms with Crippen LogP contribution in [-0.2, 0) is 19.9 Å². The molecule has 0 bridgehead atoms. The minimum Gasteiger partial charge on any atom is -0.460 e. The minimum atomic E-state index is -0.807. The normalized spacial score (nSPS) is 16.1. The summed E-state index contributed by atoms with van der Waals surface area (Å²) in [6.07, 6.45) is 1.99. The molecule has 1 aliphatic carbocycles. The van der Waals surface area contributed by atoms with Crippen molar-refractivity contribution in [2.45, 2.75) is 25.4 Å². The van der Waals surface area contributed by atoms with E-state index in [1.807, 2.05) is 12.1 Å². The summed E-state index contributed by atoms with van der Waals surface area (Å²) in [6.45, 7) is 1.87. The Morgan fingerprint density at radius 1 is 1.22 bits per heavy atom. The number of ketones is 1. The molecular weight excluding hydrogens is 232 g/mol. The first-order chi connectivity index (χ1) is 8.63. The summed E-state index contributed by atoms with van der Waals surface area (Å²) in [5.74, 6) is -1.41. The number of benzene rings is 1. The molecule has 4 nitrogen and oxygen atoms in total.